The second-order valence-electron chi connectivity index (χ2n) is 36.5. The molecule has 2 saturated heterocycles. The van der Waals surface area contributed by atoms with E-state index in [2.05, 4.69) is 70.9 Å². The van der Waals surface area contributed by atoms with Crippen LogP contribution in [0.3, 0.4) is 0 Å². The number of carbonyl (C=O) groups excluding carboxylic acids is 3. The van der Waals surface area contributed by atoms with Gasteiger partial charge in [0.2, 0.25) is 11.8 Å². The van der Waals surface area contributed by atoms with Crippen molar-refractivity contribution in [1.29, 1.82) is 0 Å². The van der Waals surface area contributed by atoms with Crippen molar-refractivity contribution in [2.75, 3.05) is 19.8 Å². The molecule has 0 aromatic heterocycles. The Kier molecular flexibility index (Phi) is 59.5. The first-order valence-corrected chi connectivity index (χ1v) is 53.9. The topological polar surface area (TPSA) is 177 Å². The van der Waals surface area contributed by atoms with E-state index in [1.807, 2.05) is 140 Å². The molecule has 7 rings (SSSR count). The average Bonchev–Trinajstić information content (AvgIpc) is 0.775. The van der Waals surface area contributed by atoms with E-state index in [4.69, 9.17) is 51.8 Å². The van der Waals surface area contributed by atoms with Crippen LogP contribution in [0.1, 0.15) is 365 Å². The molecule has 5 aromatic rings. The van der Waals surface area contributed by atoms with Crippen LogP contribution in [0.2, 0.25) is 18.1 Å². The van der Waals surface area contributed by atoms with Gasteiger partial charge in [0.1, 0.15) is 54.8 Å². The molecule has 712 valence electrons. The average molecular weight is 1780 g/mol. The number of nitrogens with one attached hydrogen (secondary N) is 2. The van der Waals surface area contributed by atoms with Crippen LogP contribution in [0.5, 0.6) is 0 Å². The maximum atomic E-state index is 15.8. The third kappa shape index (κ3) is 46.3. The monoisotopic (exact) mass is 1780 g/mol. The van der Waals surface area contributed by atoms with Crippen LogP contribution in [0.15, 0.2) is 164 Å². The van der Waals surface area contributed by atoms with E-state index < -0.39 is 75.7 Å². The molecule has 2 N–H and O–H groups in total. The fourth-order valence-electron chi connectivity index (χ4n) is 18.0. The van der Waals surface area contributed by atoms with Crippen molar-refractivity contribution in [3.8, 4) is 0 Å². The predicted molar refractivity (Wildman–Crippen MR) is 521 cm³/mol. The molecule has 16 nitrogen and oxygen atoms in total. The molecule has 2 amide bonds. The molecule has 0 radical (unpaired) electrons. The van der Waals surface area contributed by atoms with E-state index in [0.29, 0.717) is 25.9 Å². The zero-order valence-corrected chi connectivity index (χ0v) is 81.2. The Hall–Kier alpha value is -5.93. The van der Waals surface area contributed by atoms with Crippen molar-refractivity contribution in [3.63, 3.8) is 0 Å². The summed E-state index contributed by atoms with van der Waals surface area (Å²) in [5.74, 6) is -0.857. The van der Waals surface area contributed by atoms with Crippen LogP contribution in [0, 0.1) is 0 Å². The lowest BCUT2D eigenvalue weighted by Crippen LogP contribution is -2.68. The van der Waals surface area contributed by atoms with Gasteiger partial charge in [-0.3, -0.25) is 14.4 Å². The lowest BCUT2D eigenvalue weighted by molar-refractivity contribution is -0.317. The Labute approximate surface area is 771 Å². The van der Waals surface area contributed by atoms with Crippen LogP contribution in [0.4, 0.5) is 0 Å². The minimum Gasteiger partial charge on any atom is -0.462 e. The van der Waals surface area contributed by atoms with Crippen molar-refractivity contribution in [2.24, 2.45) is 0 Å². The van der Waals surface area contributed by atoms with Crippen molar-refractivity contribution in [1.82, 2.24) is 10.6 Å². The van der Waals surface area contributed by atoms with Crippen LogP contribution in [0.25, 0.3) is 0 Å². The highest BCUT2D eigenvalue weighted by Crippen LogP contribution is 2.36. The molecule has 2 aliphatic heterocycles. The molecule has 5 aromatic carbocycles. The maximum Gasteiger partial charge on any atom is 0.306 e. The van der Waals surface area contributed by atoms with Gasteiger partial charge in [-0.1, -0.05) is 450 Å². The summed E-state index contributed by atoms with van der Waals surface area (Å²) in [6.45, 7) is 18.7. The highest BCUT2D eigenvalue weighted by Gasteiger charge is 2.53. The van der Waals surface area contributed by atoms with Crippen LogP contribution < -0.4 is 10.6 Å². The number of benzene rings is 5. The summed E-state index contributed by atoms with van der Waals surface area (Å²) in [5, 5.41) is 6.92. The zero-order valence-electron chi connectivity index (χ0n) is 80.2. The van der Waals surface area contributed by atoms with Gasteiger partial charge in [-0.15, -0.1) is 6.58 Å². The third-order valence-electron chi connectivity index (χ3n) is 26.1. The lowest BCUT2D eigenvalue weighted by Gasteiger charge is -2.49. The Bertz CT molecular complexity index is 3460. The largest absolute Gasteiger partial charge is 0.462 e. The van der Waals surface area contributed by atoms with E-state index in [1.54, 1.807) is 6.08 Å². The maximum absolute atomic E-state index is 15.8. The van der Waals surface area contributed by atoms with Crippen LogP contribution in [-0.4, -0.2) is 119 Å². The molecule has 17 heteroatoms. The van der Waals surface area contributed by atoms with Crippen LogP contribution in [-0.2, 0) is 99.2 Å². The summed E-state index contributed by atoms with van der Waals surface area (Å²) >= 11 is 0. The molecule has 12 atom stereocenters. The van der Waals surface area contributed by atoms with Crippen molar-refractivity contribution >= 4 is 26.1 Å². The summed E-state index contributed by atoms with van der Waals surface area (Å²) in [7, 11) is -2.32. The van der Waals surface area contributed by atoms with Gasteiger partial charge in [0.15, 0.2) is 20.9 Å². The predicted octanol–water partition coefficient (Wildman–Crippen LogP) is 27.5. The Morgan fingerprint density at radius 1 is 0.346 bits per heavy atom. The first-order valence-electron chi connectivity index (χ1n) is 51.4. The fraction of sp³-hybridized carbons (Fsp3) is 0.682. The summed E-state index contributed by atoms with van der Waals surface area (Å²) in [6, 6.07) is 51.0. The van der Waals surface area contributed by atoms with Gasteiger partial charge in [0.05, 0.1) is 71.8 Å². The van der Waals surface area contributed by atoms with E-state index in [9.17, 15) is 4.79 Å². The molecule has 0 aliphatic carbocycles. The summed E-state index contributed by atoms with van der Waals surface area (Å²) in [6.07, 6.45) is 44.8. The van der Waals surface area contributed by atoms with E-state index in [0.717, 1.165) is 110 Å². The first kappa shape index (κ1) is 108. The molecular formula is C110H174N2O14Si. The SMILES string of the molecule is C=CCO[C@H]1O[C@H](CO[C@@H]2O[C@H](CO[Si](CC)(CC)CC)[C@@H](OCc3ccccc3)[C@H](OCc3ccccc3)[C@H]2NC(=O)C[C@@H](CCCCCCCCCCCCCCC)OC(=O)CCCCCCCCCCCCCCCCC)[C@@H](OCc2ccccc2)[C@H](OCc2ccccc2)[C@H]1NC(=O)C[C@@H](CCCCCCCCCCCCCCC)OCc1ccccc1. The molecule has 2 fully saturated rings. The van der Waals surface area contributed by atoms with E-state index >= 15 is 9.59 Å². The number of unbranched alkanes of at least 4 members (excludes halogenated alkanes) is 38. The fourth-order valence-corrected chi connectivity index (χ4v) is 20.6. The van der Waals surface area contributed by atoms with Crippen molar-refractivity contribution in [2.45, 2.75) is 462 Å². The minimum atomic E-state index is -2.32. The molecule has 127 heavy (non-hydrogen) atoms. The number of amides is 2. The Morgan fingerprint density at radius 3 is 0.976 bits per heavy atom. The van der Waals surface area contributed by atoms with Gasteiger partial charge in [0.25, 0.3) is 0 Å². The van der Waals surface area contributed by atoms with Gasteiger partial charge in [0, 0.05) is 6.42 Å². The van der Waals surface area contributed by atoms with E-state index in [-0.39, 0.29) is 83.0 Å². The third-order valence-corrected chi connectivity index (χ3v) is 30.7. The number of hydrogen-bond donors (Lipinski definition) is 2. The second kappa shape index (κ2) is 69.9. The van der Waals surface area contributed by atoms with E-state index in [1.165, 1.54) is 199 Å². The summed E-state index contributed by atoms with van der Waals surface area (Å²) in [5.41, 5.74) is 4.74. The molecule has 0 unspecified atom stereocenters. The molecule has 0 spiro atoms. The summed E-state index contributed by atoms with van der Waals surface area (Å²) in [4.78, 5) is 45.4. The minimum absolute atomic E-state index is 0.0764. The van der Waals surface area contributed by atoms with Gasteiger partial charge in [-0.25, -0.2) is 0 Å². The molecule has 0 bridgehead atoms. The van der Waals surface area contributed by atoms with Gasteiger partial charge in [-0.05, 0) is 71.6 Å². The highest BCUT2D eigenvalue weighted by atomic mass is 28.4. The first-order chi connectivity index (χ1) is 62.5. The zero-order chi connectivity index (χ0) is 89.9. The van der Waals surface area contributed by atoms with Crippen LogP contribution >= 0.6 is 0 Å². The quantitative estimate of drug-likeness (QED) is 0.0163. The van der Waals surface area contributed by atoms with Gasteiger partial charge < -0.3 is 62.4 Å². The Morgan fingerprint density at radius 2 is 0.638 bits per heavy atom. The second-order valence-corrected chi connectivity index (χ2v) is 41.3. The number of esters is 1. The lowest BCUT2D eigenvalue weighted by atomic mass is 9.94. The molecule has 2 aliphatic rings. The number of carbonyl (C=O) groups is 3. The number of hydrogen-bond acceptors (Lipinski definition) is 14. The normalized spacial score (nSPS) is 19.4. The smallest absolute Gasteiger partial charge is 0.306 e. The number of rotatable bonds is 78. The Balaban J connectivity index is 1.21. The number of ether oxygens (including phenoxy) is 10. The summed E-state index contributed by atoms with van der Waals surface area (Å²) < 4.78 is 78.6. The van der Waals surface area contributed by atoms with Gasteiger partial charge in [-0.2, -0.15) is 0 Å². The van der Waals surface area contributed by atoms with Gasteiger partial charge >= 0.3 is 5.97 Å². The molecular weight excluding hydrogens is 1600 g/mol. The highest BCUT2D eigenvalue weighted by molar-refractivity contribution is 6.73. The van der Waals surface area contributed by atoms with Crippen molar-refractivity contribution in [3.05, 3.63) is 192 Å². The standard InChI is InChI=1S/C110H174N2O14Si/c1-8-15-18-21-24-27-30-33-34-37-40-43-46-49-67-80-102(115)124-97(79-66-48-45-42-39-36-32-29-26-23-20-17-10-3)83-101(114)112-104-108(121-88-95-76-63-54-64-77-95)106(119-86-93-72-59-52-60-73-93)99(90-123-127(12-5,13-6)14-7)126-110(104)122-89-98-105(118-85-92-70-57-51-58-71-92)107(120-87-94-74-61-53-62-75-94)103(109(125-98)116-81-11-4)111-100(113)82-96(117-84-91-68-55-50-56-69-91)78-65-47-44-41-38-35-31-28-25-22-19-16-9-2/h11,50-64,68-77,96-99,103-110H,4,8-10,12-49,65-67,78-90H2,1-3,5-7H3,(H,111,113)(H,112,114)/t96-,97-,98-,99-,103-,104-,105-,106-,107-,108-,109+,110-/m1/s1. The molecule has 2 heterocycles. The van der Waals surface area contributed by atoms with Crippen molar-refractivity contribution < 1.29 is 66.2 Å². The molecule has 0 saturated carbocycles.